The van der Waals surface area contributed by atoms with Crippen LogP contribution < -0.4 is 10.5 Å². The second-order valence-corrected chi connectivity index (χ2v) is 8.60. The van der Waals surface area contributed by atoms with Crippen LogP contribution in [0.2, 0.25) is 6.82 Å². The van der Waals surface area contributed by atoms with Gasteiger partial charge in [0.1, 0.15) is 0 Å². The van der Waals surface area contributed by atoms with Gasteiger partial charge in [0.2, 0.25) is 0 Å². The molecule has 110 valence electrons. The Kier molecular flexibility index (Phi) is 4.29. The van der Waals surface area contributed by atoms with Gasteiger partial charge in [-0.1, -0.05) is 27.6 Å². The third kappa shape index (κ3) is 3.37. The summed E-state index contributed by atoms with van der Waals surface area (Å²) in [7, 11) is 0. The molecule has 19 heavy (non-hydrogen) atoms. The second-order valence-electron chi connectivity index (χ2n) is 8.60. The number of rotatable bonds is 3. The molecule has 1 heterocycles. The first-order chi connectivity index (χ1) is 8.20. The molecule has 1 fully saturated rings. The van der Waals surface area contributed by atoms with Crippen molar-refractivity contribution in [3.05, 3.63) is 0 Å². The highest BCUT2D eigenvalue weighted by Gasteiger charge is 2.51. The van der Waals surface area contributed by atoms with E-state index in [-0.39, 0.29) is 35.8 Å². The van der Waals surface area contributed by atoms with Crippen LogP contribution in [0, 0.1) is 5.41 Å². The fourth-order valence-electron chi connectivity index (χ4n) is 2.12. The minimum absolute atomic E-state index is 0.0567. The van der Waals surface area contributed by atoms with Crippen molar-refractivity contribution < 1.29 is 4.65 Å². The van der Waals surface area contributed by atoms with E-state index in [0.717, 1.165) is 0 Å². The molecule has 0 unspecified atom stereocenters. The molecule has 0 spiro atoms. The maximum atomic E-state index is 6.35. The summed E-state index contributed by atoms with van der Waals surface area (Å²) in [6.07, 6.45) is 0. The quantitative estimate of drug-likeness (QED) is 0.770. The Hall–Kier alpha value is 0.00987. The fourth-order valence-corrected chi connectivity index (χ4v) is 2.12. The lowest BCUT2D eigenvalue weighted by Crippen LogP contribution is -2.58. The minimum Gasteiger partial charge on any atom is -0.435 e. The topological polar surface area (TPSA) is 33.3 Å². The molecular weight excluding hydrogens is 234 g/mol. The molecule has 0 amide bonds. The summed E-state index contributed by atoms with van der Waals surface area (Å²) >= 11 is 0. The average molecular weight is 266 g/mol. The van der Waals surface area contributed by atoms with Crippen molar-refractivity contribution in [3.63, 3.8) is 0 Å². The average Bonchev–Trinajstić information content (AvgIpc) is 2.33. The summed E-state index contributed by atoms with van der Waals surface area (Å²) in [6, 6.07) is 0. The van der Waals surface area contributed by atoms with E-state index in [2.05, 4.69) is 79.6 Å². The molecule has 0 saturated carbocycles. The molecule has 1 rings (SSSR count). The van der Waals surface area contributed by atoms with Crippen LogP contribution in [0.3, 0.4) is 0 Å². The Morgan fingerprint density at radius 1 is 0.895 bits per heavy atom. The van der Waals surface area contributed by atoms with E-state index in [9.17, 15) is 0 Å². The monoisotopic (exact) mass is 266 g/mol. The molecule has 0 bridgehead atoms. The van der Waals surface area contributed by atoms with Gasteiger partial charge in [-0.3, -0.25) is 0 Å². The first kappa shape index (κ1) is 17.1. The zero-order valence-corrected chi connectivity index (χ0v) is 14.6. The van der Waals surface area contributed by atoms with Crippen molar-refractivity contribution in [1.82, 2.24) is 10.5 Å². The van der Waals surface area contributed by atoms with Gasteiger partial charge in [0.25, 0.3) is 6.81 Å². The Labute approximate surface area is 120 Å². The van der Waals surface area contributed by atoms with Crippen LogP contribution in [0.1, 0.15) is 62.3 Å². The Morgan fingerprint density at radius 3 is 1.58 bits per heavy atom. The van der Waals surface area contributed by atoms with Crippen LogP contribution in [-0.2, 0) is 4.65 Å². The van der Waals surface area contributed by atoms with Gasteiger partial charge >= 0.3 is 6.87 Å². The predicted molar refractivity (Wildman–Crippen MR) is 86.4 cm³/mol. The first-order valence-corrected chi connectivity index (χ1v) is 7.43. The van der Waals surface area contributed by atoms with Gasteiger partial charge in [-0.25, -0.2) is 0 Å². The number of nitrogens with one attached hydrogen (secondary N) is 2. The third-order valence-corrected chi connectivity index (χ3v) is 5.35. The lowest BCUT2D eigenvalue weighted by molar-refractivity contribution is 0.00126. The molecule has 3 nitrogen and oxygen atoms in total. The van der Waals surface area contributed by atoms with Crippen LogP contribution in [-0.4, -0.2) is 30.4 Å². The number of hydrogen-bond acceptors (Lipinski definition) is 3. The molecule has 0 aliphatic carbocycles. The van der Waals surface area contributed by atoms with Crippen LogP contribution in [0.5, 0.6) is 0 Å². The summed E-state index contributed by atoms with van der Waals surface area (Å²) < 4.78 is 6.35. The molecule has 1 saturated heterocycles. The van der Waals surface area contributed by atoms with Gasteiger partial charge in [0.15, 0.2) is 0 Å². The van der Waals surface area contributed by atoms with E-state index in [1.165, 1.54) is 0 Å². The smallest absolute Gasteiger partial charge is 0.303 e. The molecule has 0 atom stereocenters. The van der Waals surface area contributed by atoms with Gasteiger partial charge < -0.3 is 15.1 Å². The van der Waals surface area contributed by atoms with Crippen molar-refractivity contribution in [1.29, 1.82) is 0 Å². The SMILES string of the molecule is CB(OC(C)(C)C(C)(C)C)B1NC(C)(C)C(C)(C)N1. The summed E-state index contributed by atoms with van der Waals surface area (Å²) in [4.78, 5) is 0. The molecule has 1 aliphatic rings. The second kappa shape index (κ2) is 4.78. The van der Waals surface area contributed by atoms with Crippen molar-refractivity contribution in [2.24, 2.45) is 5.41 Å². The van der Waals surface area contributed by atoms with E-state index >= 15 is 0 Å². The molecule has 1 aliphatic heterocycles. The van der Waals surface area contributed by atoms with Gasteiger partial charge in [-0.2, -0.15) is 0 Å². The van der Waals surface area contributed by atoms with Gasteiger partial charge in [-0.15, -0.1) is 0 Å². The Morgan fingerprint density at radius 2 is 1.26 bits per heavy atom. The highest BCUT2D eigenvalue weighted by atomic mass is 16.5. The third-order valence-electron chi connectivity index (χ3n) is 5.35. The number of hydrogen-bond donors (Lipinski definition) is 2. The van der Waals surface area contributed by atoms with Gasteiger partial charge in [0.05, 0.1) is 0 Å². The van der Waals surface area contributed by atoms with Crippen LogP contribution in [0.15, 0.2) is 0 Å². The maximum Gasteiger partial charge on any atom is 0.303 e. The minimum atomic E-state index is -0.160. The van der Waals surface area contributed by atoms with Crippen molar-refractivity contribution in [2.75, 3.05) is 0 Å². The zero-order valence-electron chi connectivity index (χ0n) is 14.6. The molecule has 2 N–H and O–H groups in total. The van der Waals surface area contributed by atoms with E-state index in [4.69, 9.17) is 4.65 Å². The summed E-state index contributed by atoms with van der Waals surface area (Å²) in [5, 5.41) is 7.32. The molecule has 5 heteroatoms. The van der Waals surface area contributed by atoms with Crippen molar-refractivity contribution in [3.8, 4) is 0 Å². The first-order valence-electron chi connectivity index (χ1n) is 7.43. The summed E-state index contributed by atoms with van der Waals surface area (Å²) in [5.41, 5.74) is 0.0693. The Balaban J connectivity index is 2.75. The largest absolute Gasteiger partial charge is 0.435 e. The van der Waals surface area contributed by atoms with Crippen LogP contribution in [0.4, 0.5) is 0 Å². The molecular formula is C14H32B2N2O. The standard InChI is InChI=1S/C14H32B2N2O/c1-11(2,3)14(8,9)19-15(10)16-17-12(4,5)13(6,7)18-16/h17-18H,1-10H3. The lowest BCUT2D eigenvalue weighted by atomic mass is 9.31. The van der Waals surface area contributed by atoms with E-state index in [1.54, 1.807) is 0 Å². The van der Waals surface area contributed by atoms with E-state index < -0.39 is 0 Å². The summed E-state index contributed by atoms with van der Waals surface area (Å²) in [6.45, 7) is 22.4. The highest BCUT2D eigenvalue weighted by molar-refractivity contribution is 7.17. The van der Waals surface area contributed by atoms with E-state index in [1.807, 2.05) is 0 Å². The molecule has 0 aromatic carbocycles. The predicted octanol–water partition coefficient (Wildman–Crippen LogP) is 2.77. The highest BCUT2D eigenvalue weighted by Crippen LogP contribution is 2.34. The van der Waals surface area contributed by atoms with Crippen LogP contribution >= 0.6 is 0 Å². The molecule has 0 radical (unpaired) electrons. The normalized spacial score (nSPS) is 22.7. The summed E-state index contributed by atoms with van der Waals surface area (Å²) in [5.74, 6) is 0. The van der Waals surface area contributed by atoms with Crippen LogP contribution in [0.25, 0.3) is 0 Å². The van der Waals surface area contributed by atoms with Crippen molar-refractivity contribution >= 4 is 13.7 Å². The van der Waals surface area contributed by atoms with Crippen molar-refractivity contribution in [2.45, 2.75) is 85.8 Å². The molecule has 0 aromatic rings. The molecule has 0 aromatic heterocycles. The van der Waals surface area contributed by atoms with E-state index in [0.29, 0.717) is 0 Å². The lowest BCUT2D eigenvalue weighted by Gasteiger charge is -2.41. The maximum absolute atomic E-state index is 6.35. The fraction of sp³-hybridized carbons (Fsp3) is 1.00. The van der Waals surface area contributed by atoms with Gasteiger partial charge in [-0.05, 0) is 47.0 Å². The zero-order chi connectivity index (χ0) is 15.3. The van der Waals surface area contributed by atoms with Gasteiger partial charge in [0, 0.05) is 16.7 Å². The Bertz CT molecular complexity index is 319.